The normalized spacial score (nSPS) is 12.8. The molecule has 0 amide bonds. The lowest BCUT2D eigenvalue weighted by atomic mass is 10.0. The van der Waals surface area contributed by atoms with Crippen LogP contribution in [0.3, 0.4) is 0 Å². The lowest BCUT2D eigenvalue weighted by Crippen LogP contribution is -2.35. The molecule has 9 nitrogen and oxygen atoms in total. The van der Waals surface area contributed by atoms with Crippen molar-refractivity contribution in [3.63, 3.8) is 0 Å². The van der Waals surface area contributed by atoms with Crippen LogP contribution < -0.4 is 13.8 Å². The molecule has 1 heterocycles. The van der Waals surface area contributed by atoms with E-state index in [1.807, 2.05) is 23.9 Å². The van der Waals surface area contributed by atoms with Crippen LogP contribution in [0.15, 0.2) is 53.9 Å². The number of nitrogens with zero attached hydrogens (tertiary/aromatic N) is 2. The zero-order chi connectivity index (χ0) is 24.9. The molecule has 184 valence electrons. The van der Waals surface area contributed by atoms with Crippen LogP contribution >= 0.6 is 11.3 Å². The summed E-state index contributed by atoms with van der Waals surface area (Å²) in [5.74, 6) is 0.556. The Kier molecular flexibility index (Phi) is 8.18. The number of sulfonamides is 1. The second-order valence-electron chi connectivity index (χ2n) is 7.50. The number of nitrogens with one attached hydrogen (secondary N) is 1. The van der Waals surface area contributed by atoms with E-state index in [1.54, 1.807) is 36.4 Å². The van der Waals surface area contributed by atoms with E-state index in [-0.39, 0.29) is 12.1 Å². The monoisotopic (exact) mass is 525 g/mol. The van der Waals surface area contributed by atoms with Crippen LogP contribution in [-0.4, -0.2) is 39.2 Å². The largest absolute Gasteiger partial charge is 0.494 e. The van der Waals surface area contributed by atoms with E-state index in [9.17, 15) is 16.8 Å². The fourth-order valence-corrected chi connectivity index (χ4v) is 5.88. The summed E-state index contributed by atoms with van der Waals surface area (Å²) in [6.45, 7) is 4.28. The van der Waals surface area contributed by atoms with Crippen LogP contribution in [0.4, 0.5) is 11.4 Å². The first kappa shape index (κ1) is 25.9. The molecule has 34 heavy (non-hydrogen) atoms. The van der Waals surface area contributed by atoms with Gasteiger partial charge >= 0.3 is 10.3 Å². The number of ether oxygens (including phenoxy) is 1. The number of aromatic nitrogens is 1. The number of hydrogen-bond acceptors (Lipinski definition) is 7. The maximum absolute atomic E-state index is 13.0. The Bertz CT molecular complexity index is 1320. The molecule has 0 spiro atoms. The molecule has 12 heteroatoms. The highest BCUT2D eigenvalue weighted by atomic mass is 32.2. The maximum atomic E-state index is 13.0. The second-order valence-corrected chi connectivity index (χ2v) is 11.5. The number of thiazole rings is 1. The Labute approximate surface area is 204 Å². The number of hydrogen-bond donors (Lipinski definition) is 2. The van der Waals surface area contributed by atoms with Crippen LogP contribution in [0, 0.1) is 0 Å². The number of benzene rings is 2. The van der Waals surface area contributed by atoms with Gasteiger partial charge in [0.2, 0.25) is 10.0 Å². The van der Waals surface area contributed by atoms with Crippen molar-refractivity contribution in [2.75, 3.05) is 21.9 Å². The van der Waals surface area contributed by atoms with Gasteiger partial charge in [-0.25, -0.2) is 13.4 Å². The van der Waals surface area contributed by atoms with Gasteiger partial charge in [-0.05, 0) is 49.6 Å². The van der Waals surface area contributed by atoms with Crippen molar-refractivity contribution in [1.82, 2.24) is 4.98 Å². The summed E-state index contributed by atoms with van der Waals surface area (Å²) in [6, 6.07) is 12.6. The Morgan fingerprint density at radius 3 is 2.38 bits per heavy atom. The lowest BCUT2D eigenvalue weighted by molar-refractivity contribution is 0.340. The zero-order valence-corrected chi connectivity index (χ0v) is 21.5. The molecule has 0 aliphatic rings. The van der Waals surface area contributed by atoms with E-state index in [0.717, 1.165) is 23.2 Å². The van der Waals surface area contributed by atoms with E-state index in [4.69, 9.17) is 9.29 Å². The van der Waals surface area contributed by atoms with Gasteiger partial charge in [0.05, 0.1) is 41.0 Å². The fraction of sp³-hybridized carbons (Fsp3) is 0.318. The molecule has 0 radical (unpaired) electrons. The number of rotatable bonds is 11. The summed E-state index contributed by atoms with van der Waals surface area (Å²) in [5.41, 5.74) is 2.02. The third-order valence-corrected chi connectivity index (χ3v) is 7.55. The summed E-state index contributed by atoms with van der Waals surface area (Å²) in [7, 11) is -8.12. The van der Waals surface area contributed by atoms with E-state index in [2.05, 4.69) is 4.98 Å². The van der Waals surface area contributed by atoms with Crippen LogP contribution in [-0.2, 0) is 33.2 Å². The minimum Gasteiger partial charge on any atom is -0.494 e. The van der Waals surface area contributed by atoms with Crippen LogP contribution in [0.2, 0.25) is 0 Å². The standard InChI is InChI=1S/C22H27N3O6S3/c1-4-22-23-20(15-32-22)21(13-16-9-11-17(12-10-16)24-34(28,29)30)25(33(3,26)27)18-7-6-8-19(14-18)31-5-2/h6-12,14-15,21,24H,4-5,13H2,1-3H3,(H,28,29,30)/t21-/m0/s1. The summed E-state index contributed by atoms with van der Waals surface area (Å²) >= 11 is 1.47. The molecule has 1 aromatic heterocycles. The highest BCUT2D eigenvalue weighted by Gasteiger charge is 2.31. The van der Waals surface area contributed by atoms with Gasteiger partial charge in [-0.15, -0.1) is 11.3 Å². The third-order valence-electron chi connectivity index (χ3n) is 4.87. The van der Waals surface area contributed by atoms with Gasteiger partial charge in [0, 0.05) is 11.4 Å². The molecule has 3 aromatic rings. The summed E-state index contributed by atoms with van der Waals surface area (Å²) in [5, 5.41) is 2.76. The first-order chi connectivity index (χ1) is 16.0. The van der Waals surface area contributed by atoms with Crippen molar-refractivity contribution >= 4 is 43.0 Å². The first-order valence-electron chi connectivity index (χ1n) is 10.5. The predicted molar refractivity (Wildman–Crippen MR) is 134 cm³/mol. The van der Waals surface area contributed by atoms with Crippen molar-refractivity contribution in [2.24, 2.45) is 0 Å². The van der Waals surface area contributed by atoms with Gasteiger partial charge in [0.15, 0.2) is 0 Å². The molecule has 0 aliphatic heterocycles. The van der Waals surface area contributed by atoms with Gasteiger partial charge < -0.3 is 4.74 Å². The molecule has 0 unspecified atom stereocenters. The fourth-order valence-electron chi connectivity index (χ4n) is 3.51. The van der Waals surface area contributed by atoms with Gasteiger partial charge in [-0.1, -0.05) is 25.1 Å². The van der Waals surface area contributed by atoms with Crippen molar-refractivity contribution in [2.45, 2.75) is 32.7 Å². The Morgan fingerprint density at radius 1 is 1.12 bits per heavy atom. The van der Waals surface area contributed by atoms with Gasteiger partial charge in [-0.3, -0.25) is 13.6 Å². The Balaban J connectivity index is 2.05. The van der Waals surface area contributed by atoms with Gasteiger partial charge in [0.1, 0.15) is 5.75 Å². The molecule has 0 fully saturated rings. The van der Waals surface area contributed by atoms with Crippen molar-refractivity contribution in [3.8, 4) is 5.75 Å². The number of anilines is 2. The predicted octanol–water partition coefficient (Wildman–Crippen LogP) is 4.07. The SMILES string of the molecule is CCOc1cccc(N([C@@H](Cc2ccc(NS(=O)(=O)O)cc2)c2csc(CC)n2)S(C)(=O)=O)c1. The topological polar surface area (TPSA) is 126 Å². The minimum atomic E-state index is -4.39. The van der Waals surface area contributed by atoms with Crippen molar-refractivity contribution in [3.05, 3.63) is 70.2 Å². The molecule has 2 N–H and O–H groups in total. The minimum absolute atomic E-state index is 0.189. The van der Waals surface area contributed by atoms with Crippen LogP contribution in [0.5, 0.6) is 5.75 Å². The average Bonchev–Trinajstić information content (AvgIpc) is 3.22. The van der Waals surface area contributed by atoms with E-state index >= 15 is 0 Å². The van der Waals surface area contributed by atoms with Crippen molar-refractivity contribution < 1.29 is 26.1 Å². The number of aryl methyl sites for hydroxylation is 1. The average molecular weight is 526 g/mol. The first-order valence-corrected chi connectivity index (χ1v) is 14.7. The molecule has 0 bridgehead atoms. The van der Waals surface area contributed by atoms with E-state index < -0.39 is 26.4 Å². The van der Waals surface area contributed by atoms with Gasteiger partial charge in [0.25, 0.3) is 0 Å². The quantitative estimate of drug-likeness (QED) is 0.361. The van der Waals surface area contributed by atoms with E-state index in [1.165, 1.54) is 27.8 Å². The molecule has 0 saturated heterocycles. The molecule has 1 atom stereocenters. The third kappa shape index (κ3) is 6.92. The van der Waals surface area contributed by atoms with E-state index in [0.29, 0.717) is 23.7 Å². The molecule has 2 aromatic carbocycles. The van der Waals surface area contributed by atoms with Crippen molar-refractivity contribution in [1.29, 1.82) is 0 Å². The summed E-state index contributed by atoms with van der Waals surface area (Å²) < 4.78 is 66.1. The molecule has 0 saturated carbocycles. The summed E-state index contributed by atoms with van der Waals surface area (Å²) in [4.78, 5) is 4.67. The molecular weight excluding hydrogens is 498 g/mol. The lowest BCUT2D eigenvalue weighted by Gasteiger charge is -2.31. The zero-order valence-electron chi connectivity index (χ0n) is 19.0. The highest BCUT2D eigenvalue weighted by molar-refractivity contribution is 7.92. The molecule has 0 aliphatic carbocycles. The molecular formula is C22H27N3O6S3. The Morgan fingerprint density at radius 2 is 1.82 bits per heavy atom. The maximum Gasteiger partial charge on any atom is 0.357 e. The highest BCUT2D eigenvalue weighted by Crippen LogP contribution is 2.35. The van der Waals surface area contributed by atoms with Crippen LogP contribution in [0.1, 0.15) is 36.2 Å². The molecule has 3 rings (SSSR count). The second kappa shape index (κ2) is 10.7. The summed E-state index contributed by atoms with van der Waals surface area (Å²) in [6.07, 6.45) is 2.16. The Hall–Kier alpha value is -2.67. The smallest absolute Gasteiger partial charge is 0.357 e. The van der Waals surface area contributed by atoms with Gasteiger partial charge in [-0.2, -0.15) is 8.42 Å². The van der Waals surface area contributed by atoms with Crippen LogP contribution in [0.25, 0.3) is 0 Å².